The van der Waals surface area contributed by atoms with Gasteiger partial charge in [0.25, 0.3) is 0 Å². The van der Waals surface area contributed by atoms with Crippen LogP contribution in [0.4, 0.5) is 5.69 Å². The smallest absolute Gasteiger partial charge is 0.219 e. The fourth-order valence-corrected chi connectivity index (χ4v) is 4.73. The molecular formula is C18H22N2O2. The van der Waals surface area contributed by atoms with Crippen LogP contribution in [0.3, 0.4) is 0 Å². The van der Waals surface area contributed by atoms with Crippen LogP contribution in [-0.2, 0) is 10.2 Å². The maximum atomic E-state index is 11.8. The molecule has 2 unspecified atom stereocenters. The van der Waals surface area contributed by atoms with Gasteiger partial charge in [0.2, 0.25) is 5.91 Å². The summed E-state index contributed by atoms with van der Waals surface area (Å²) in [6, 6.07) is 6.29. The minimum atomic E-state index is 0.0497. The van der Waals surface area contributed by atoms with Gasteiger partial charge in [0, 0.05) is 31.1 Å². The molecule has 1 amide bonds. The van der Waals surface area contributed by atoms with Crippen molar-refractivity contribution in [3.8, 4) is 5.75 Å². The third kappa shape index (κ3) is 1.70. The molecule has 1 aromatic carbocycles. The molecule has 22 heavy (non-hydrogen) atoms. The number of hydrogen-bond acceptors (Lipinski definition) is 3. The minimum Gasteiger partial charge on any atom is -0.494 e. The second kappa shape index (κ2) is 4.83. The maximum absolute atomic E-state index is 11.8. The molecule has 2 fully saturated rings. The normalized spacial score (nSPS) is 29.3. The SMILES string of the molecule is COc1cccc2c1N=C1CCCC3CN(C(C)=O)CCC123. The van der Waals surface area contributed by atoms with Gasteiger partial charge in [-0.2, -0.15) is 0 Å². The molecular weight excluding hydrogens is 276 g/mol. The molecule has 4 heteroatoms. The van der Waals surface area contributed by atoms with Crippen molar-refractivity contribution in [1.82, 2.24) is 4.90 Å². The molecule has 2 heterocycles. The van der Waals surface area contributed by atoms with Gasteiger partial charge in [-0.25, -0.2) is 0 Å². The Labute approximate surface area is 131 Å². The number of fused-ring (bicyclic) bond motifs is 1. The van der Waals surface area contributed by atoms with Crippen LogP contribution in [-0.4, -0.2) is 36.7 Å². The number of methoxy groups -OCH3 is 1. The van der Waals surface area contributed by atoms with Crippen molar-refractivity contribution in [2.45, 2.75) is 38.0 Å². The van der Waals surface area contributed by atoms with E-state index >= 15 is 0 Å². The Morgan fingerprint density at radius 3 is 3.09 bits per heavy atom. The number of ether oxygens (including phenoxy) is 1. The molecule has 3 aliphatic rings. The third-order valence-corrected chi connectivity index (χ3v) is 5.79. The molecule has 4 nitrogen and oxygen atoms in total. The van der Waals surface area contributed by atoms with Crippen molar-refractivity contribution in [1.29, 1.82) is 0 Å². The number of rotatable bonds is 1. The Kier molecular flexibility index (Phi) is 3.03. The number of amides is 1. The van der Waals surface area contributed by atoms with Crippen molar-refractivity contribution in [3.05, 3.63) is 23.8 Å². The Balaban J connectivity index is 1.82. The Bertz CT molecular complexity index is 667. The number of aliphatic imine (C=N–C) groups is 1. The van der Waals surface area contributed by atoms with E-state index in [0.717, 1.165) is 37.4 Å². The van der Waals surface area contributed by atoms with Crippen LogP contribution >= 0.6 is 0 Å². The van der Waals surface area contributed by atoms with Gasteiger partial charge in [0.15, 0.2) is 0 Å². The van der Waals surface area contributed by atoms with Gasteiger partial charge >= 0.3 is 0 Å². The summed E-state index contributed by atoms with van der Waals surface area (Å²) in [4.78, 5) is 18.8. The van der Waals surface area contributed by atoms with E-state index in [4.69, 9.17) is 9.73 Å². The number of piperidine rings is 1. The highest BCUT2D eigenvalue weighted by molar-refractivity contribution is 6.04. The van der Waals surface area contributed by atoms with Crippen molar-refractivity contribution >= 4 is 17.3 Å². The van der Waals surface area contributed by atoms with Crippen molar-refractivity contribution < 1.29 is 9.53 Å². The zero-order valence-corrected chi connectivity index (χ0v) is 13.3. The predicted molar refractivity (Wildman–Crippen MR) is 86.0 cm³/mol. The van der Waals surface area contributed by atoms with E-state index in [1.54, 1.807) is 14.0 Å². The summed E-state index contributed by atoms with van der Waals surface area (Å²) in [7, 11) is 1.71. The molecule has 4 rings (SSSR count). The van der Waals surface area contributed by atoms with Crippen LogP contribution in [0.2, 0.25) is 0 Å². The number of para-hydroxylation sites is 1. The molecule has 0 bridgehead atoms. The summed E-state index contributed by atoms with van der Waals surface area (Å²) in [6.45, 7) is 3.38. The van der Waals surface area contributed by atoms with E-state index in [2.05, 4.69) is 12.1 Å². The van der Waals surface area contributed by atoms with Crippen LogP contribution < -0.4 is 4.74 Å². The fraction of sp³-hybridized carbons (Fsp3) is 0.556. The highest BCUT2D eigenvalue weighted by atomic mass is 16.5. The average molecular weight is 298 g/mol. The summed E-state index contributed by atoms with van der Waals surface area (Å²) in [6.07, 6.45) is 4.43. The summed E-state index contributed by atoms with van der Waals surface area (Å²) in [5.41, 5.74) is 3.73. The molecule has 1 saturated carbocycles. The first-order valence-electron chi connectivity index (χ1n) is 8.18. The van der Waals surface area contributed by atoms with Gasteiger partial charge < -0.3 is 9.64 Å². The number of nitrogens with zero attached hydrogens (tertiary/aromatic N) is 2. The minimum absolute atomic E-state index is 0.0497. The molecule has 2 atom stereocenters. The first-order valence-corrected chi connectivity index (χ1v) is 8.18. The Morgan fingerprint density at radius 2 is 2.32 bits per heavy atom. The molecule has 1 spiro atoms. The molecule has 1 aromatic rings. The zero-order chi connectivity index (χ0) is 15.3. The molecule has 0 radical (unpaired) electrons. The Morgan fingerprint density at radius 1 is 1.45 bits per heavy atom. The van der Waals surface area contributed by atoms with Crippen LogP contribution in [0.5, 0.6) is 5.75 Å². The highest BCUT2D eigenvalue weighted by Crippen LogP contribution is 2.56. The molecule has 0 N–H and O–H groups in total. The van der Waals surface area contributed by atoms with E-state index in [1.165, 1.54) is 24.1 Å². The molecule has 116 valence electrons. The van der Waals surface area contributed by atoms with E-state index < -0.39 is 0 Å². The van der Waals surface area contributed by atoms with E-state index in [0.29, 0.717) is 5.92 Å². The summed E-state index contributed by atoms with van der Waals surface area (Å²) < 4.78 is 5.53. The van der Waals surface area contributed by atoms with Crippen molar-refractivity contribution in [2.75, 3.05) is 20.2 Å². The first kappa shape index (κ1) is 13.8. The zero-order valence-electron chi connectivity index (χ0n) is 13.3. The van der Waals surface area contributed by atoms with E-state index in [-0.39, 0.29) is 11.3 Å². The summed E-state index contributed by atoms with van der Waals surface area (Å²) in [5.74, 6) is 1.57. The monoisotopic (exact) mass is 298 g/mol. The molecule has 0 aromatic heterocycles. The number of likely N-dealkylation sites (tertiary alicyclic amines) is 1. The van der Waals surface area contributed by atoms with Crippen molar-refractivity contribution in [3.63, 3.8) is 0 Å². The van der Waals surface area contributed by atoms with Crippen LogP contribution in [0.1, 0.15) is 38.2 Å². The van der Waals surface area contributed by atoms with Crippen LogP contribution in [0.15, 0.2) is 23.2 Å². The van der Waals surface area contributed by atoms with Gasteiger partial charge in [0.05, 0.1) is 7.11 Å². The number of hydrogen-bond donors (Lipinski definition) is 0. The molecule has 1 aliphatic carbocycles. The van der Waals surface area contributed by atoms with E-state index in [9.17, 15) is 4.79 Å². The molecule has 1 saturated heterocycles. The average Bonchev–Trinajstić information content (AvgIpc) is 2.87. The second-order valence-electron chi connectivity index (χ2n) is 6.69. The topological polar surface area (TPSA) is 41.9 Å². The number of benzene rings is 1. The highest BCUT2D eigenvalue weighted by Gasteiger charge is 2.53. The lowest BCUT2D eigenvalue weighted by Gasteiger charge is -2.49. The predicted octanol–water partition coefficient (Wildman–Crippen LogP) is 3.07. The standard InChI is InChI=1S/C18H22N2O2/c1-12(21)20-10-9-18-13(11-20)5-3-8-16(18)19-17-14(18)6-4-7-15(17)22-2/h4,6-7,13H,3,5,8-11H2,1-2H3. The van der Waals surface area contributed by atoms with Gasteiger partial charge in [-0.05, 0) is 43.2 Å². The summed E-state index contributed by atoms with van der Waals surface area (Å²) in [5, 5.41) is 0. The lowest BCUT2D eigenvalue weighted by Crippen LogP contribution is -2.55. The second-order valence-corrected chi connectivity index (χ2v) is 6.69. The van der Waals surface area contributed by atoms with Gasteiger partial charge in [-0.3, -0.25) is 9.79 Å². The number of carbonyl (C=O) groups excluding carboxylic acids is 1. The maximum Gasteiger partial charge on any atom is 0.219 e. The third-order valence-electron chi connectivity index (χ3n) is 5.79. The van der Waals surface area contributed by atoms with Crippen LogP contribution in [0.25, 0.3) is 0 Å². The largest absolute Gasteiger partial charge is 0.494 e. The number of carbonyl (C=O) groups is 1. The molecule has 2 aliphatic heterocycles. The Hall–Kier alpha value is -1.84. The van der Waals surface area contributed by atoms with Crippen molar-refractivity contribution in [2.24, 2.45) is 10.9 Å². The van der Waals surface area contributed by atoms with E-state index in [1.807, 2.05) is 11.0 Å². The van der Waals surface area contributed by atoms with Crippen LogP contribution in [0, 0.1) is 5.92 Å². The lowest BCUT2D eigenvalue weighted by molar-refractivity contribution is -0.131. The van der Waals surface area contributed by atoms with Gasteiger partial charge in [-0.15, -0.1) is 0 Å². The van der Waals surface area contributed by atoms with Gasteiger partial charge in [0.1, 0.15) is 11.4 Å². The quantitative estimate of drug-likeness (QED) is 0.799. The van der Waals surface area contributed by atoms with Gasteiger partial charge in [-0.1, -0.05) is 12.1 Å². The first-order chi connectivity index (χ1) is 10.7. The lowest BCUT2D eigenvalue weighted by atomic mass is 9.59. The summed E-state index contributed by atoms with van der Waals surface area (Å²) >= 11 is 0. The fourth-order valence-electron chi connectivity index (χ4n) is 4.73.